The van der Waals surface area contributed by atoms with Crippen molar-refractivity contribution in [2.24, 2.45) is 5.10 Å². The number of nitrogens with one attached hydrogen (secondary N) is 1. The van der Waals surface area contributed by atoms with Crippen LogP contribution in [0, 0.1) is 10.1 Å². The lowest BCUT2D eigenvalue weighted by Crippen LogP contribution is -2.16. The molecule has 1 aromatic carbocycles. The minimum atomic E-state index is -0.623. The van der Waals surface area contributed by atoms with Crippen LogP contribution in [0.1, 0.15) is 31.7 Å². The molecule has 0 bridgehead atoms. The number of amides is 1. The summed E-state index contributed by atoms with van der Waals surface area (Å²) < 4.78 is 4.81. The van der Waals surface area contributed by atoms with Crippen LogP contribution in [0.4, 0.5) is 5.69 Å². The third-order valence-electron chi connectivity index (χ3n) is 2.68. The van der Waals surface area contributed by atoms with Gasteiger partial charge in [0.25, 0.3) is 5.69 Å². The molecule has 1 rings (SSSR count). The van der Waals surface area contributed by atoms with Gasteiger partial charge in [-0.05, 0) is 12.5 Å². The van der Waals surface area contributed by atoms with Gasteiger partial charge in [0.1, 0.15) is 0 Å². The quantitative estimate of drug-likeness (QED) is 0.453. The molecule has 8 nitrogen and oxygen atoms in total. The average molecular weight is 295 g/mol. The van der Waals surface area contributed by atoms with Crippen molar-refractivity contribution in [2.75, 3.05) is 7.11 Å². The first-order chi connectivity index (χ1) is 9.99. The van der Waals surface area contributed by atoms with Gasteiger partial charge in [0.2, 0.25) is 5.91 Å². The van der Waals surface area contributed by atoms with Crippen LogP contribution in [-0.4, -0.2) is 29.3 Å². The monoisotopic (exact) mass is 295 g/mol. The molecule has 21 heavy (non-hydrogen) atoms. The van der Waals surface area contributed by atoms with E-state index in [1.165, 1.54) is 7.11 Å². The van der Waals surface area contributed by atoms with E-state index in [1.54, 1.807) is 0 Å². The molecule has 8 heteroatoms. The van der Waals surface area contributed by atoms with E-state index in [4.69, 9.17) is 4.74 Å². The number of unbranched alkanes of at least 4 members (excludes halogenated alkanes) is 1. The van der Waals surface area contributed by atoms with Gasteiger partial charge in [0.05, 0.1) is 29.9 Å². The predicted molar refractivity (Wildman–Crippen MR) is 76.6 cm³/mol. The van der Waals surface area contributed by atoms with Gasteiger partial charge in [-0.2, -0.15) is 5.10 Å². The molecule has 1 aromatic rings. The standard InChI is InChI=1S/C13H17N3O5/c1-3-4-5-13(18)15-14-8-9-6-11(17)12(21-2)7-10(9)16(19)20/h6-8,17H,3-5H2,1-2H3,(H,15,18)/b14-8+. The first-order valence-electron chi connectivity index (χ1n) is 6.36. The number of carbonyl (C=O) groups is 1. The molecule has 0 atom stereocenters. The van der Waals surface area contributed by atoms with Gasteiger partial charge in [-0.15, -0.1) is 0 Å². The Kier molecular flexibility index (Phi) is 6.12. The van der Waals surface area contributed by atoms with E-state index >= 15 is 0 Å². The van der Waals surface area contributed by atoms with Crippen LogP contribution < -0.4 is 10.2 Å². The molecule has 0 heterocycles. The first kappa shape index (κ1) is 16.4. The van der Waals surface area contributed by atoms with E-state index in [2.05, 4.69) is 10.5 Å². The highest BCUT2D eigenvalue weighted by Gasteiger charge is 2.17. The molecular formula is C13H17N3O5. The summed E-state index contributed by atoms with van der Waals surface area (Å²) >= 11 is 0. The molecule has 0 spiro atoms. The Morgan fingerprint density at radius 3 is 2.86 bits per heavy atom. The number of aromatic hydroxyl groups is 1. The number of carbonyl (C=O) groups excluding carboxylic acids is 1. The highest BCUT2D eigenvalue weighted by molar-refractivity contribution is 5.88. The minimum Gasteiger partial charge on any atom is -0.504 e. The zero-order chi connectivity index (χ0) is 15.8. The van der Waals surface area contributed by atoms with Crippen molar-refractivity contribution in [3.05, 3.63) is 27.8 Å². The van der Waals surface area contributed by atoms with Crippen LogP contribution in [0.5, 0.6) is 11.5 Å². The normalized spacial score (nSPS) is 10.6. The van der Waals surface area contributed by atoms with Crippen LogP contribution in [0.3, 0.4) is 0 Å². The summed E-state index contributed by atoms with van der Waals surface area (Å²) in [6.45, 7) is 1.96. The van der Waals surface area contributed by atoms with Gasteiger partial charge in [0, 0.05) is 6.42 Å². The number of hydrazone groups is 1. The lowest BCUT2D eigenvalue weighted by molar-refractivity contribution is -0.385. The second-order valence-electron chi connectivity index (χ2n) is 4.24. The summed E-state index contributed by atoms with van der Waals surface area (Å²) in [4.78, 5) is 21.7. The second kappa shape index (κ2) is 7.83. The van der Waals surface area contributed by atoms with E-state index < -0.39 is 4.92 Å². The number of hydrogen-bond acceptors (Lipinski definition) is 6. The molecule has 0 aromatic heterocycles. The Morgan fingerprint density at radius 2 is 2.29 bits per heavy atom. The summed E-state index contributed by atoms with van der Waals surface area (Å²) in [7, 11) is 1.29. The number of benzene rings is 1. The SMILES string of the molecule is CCCCC(=O)N/N=C/c1cc(O)c(OC)cc1[N+](=O)[O-]. The number of phenols is 1. The molecule has 2 N–H and O–H groups in total. The summed E-state index contributed by atoms with van der Waals surface area (Å²) in [6, 6.07) is 2.24. The van der Waals surface area contributed by atoms with Crippen LogP contribution in [0.25, 0.3) is 0 Å². The zero-order valence-corrected chi connectivity index (χ0v) is 11.8. The summed E-state index contributed by atoms with van der Waals surface area (Å²) in [5.74, 6) is -0.527. The number of hydrogen-bond donors (Lipinski definition) is 2. The summed E-state index contributed by atoms with van der Waals surface area (Å²) in [6.07, 6.45) is 3.07. The minimum absolute atomic E-state index is 0.00849. The Bertz CT molecular complexity index is 557. The molecule has 1 amide bonds. The van der Waals surface area contributed by atoms with Crippen molar-refractivity contribution < 1.29 is 19.6 Å². The fourth-order valence-electron chi connectivity index (χ4n) is 1.57. The van der Waals surface area contributed by atoms with Crippen LogP contribution in [-0.2, 0) is 4.79 Å². The molecule has 114 valence electrons. The van der Waals surface area contributed by atoms with Crippen LogP contribution >= 0.6 is 0 Å². The molecular weight excluding hydrogens is 278 g/mol. The van der Waals surface area contributed by atoms with Gasteiger partial charge in [-0.1, -0.05) is 13.3 Å². The number of phenolic OH excluding ortho intramolecular Hbond substituents is 1. The molecule has 0 fully saturated rings. The second-order valence-corrected chi connectivity index (χ2v) is 4.24. The lowest BCUT2D eigenvalue weighted by atomic mass is 10.1. The van der Waals surface area contributed by atoms with Crippen molar-refractivity contribution >= 4 is 17.8 Å². The summed E-state index contributed by atoms with van der Waals surface area (Å²) in [5, 5.41) is 24.2. The van der Waals surface area contributed by atoms with E-state index in [9.17, 15) is 20.0 Å². The molecule has 0 unspecified atom stereocenters. The average Bonchev–Trinajstić information content (AvgIpc) is 2.45. The fraction of sp³-hybridized carbons (Fsp3) is 0.385. The highest BCUT2D eigenvalue weighted by atomic mass is 16.6. The number of rotatable bonds is 7. The maximum Gasteiger partial charge on any atom is 0.282 e. The van der Waals surface area contributed by atoms with Crippen molar-refractivity contribution in [1.82, 2.24) is 5.43 Å². The number of ether oxygens (including phenoxy) is 1. The number of nitro benzene ring substituents is 1. The van der Waals surface area contributed by atoms with Gasteiger partial charge in [-0.25, -0.2) is 5.43 Å². The zero-order valence-electron chi connectivity index (χ0n) is 11.8. The van der Waals surface area contributed by atoms with Gasteiger partial charge in [-0.3, -0.25) is 14.9 Å². The van der Waals surface area contributed by atoms with E-state index in [0.717, 1.165) is 31.2 Å². The van der Waals surface area contributed by atoms with Crippen molar-refractivity contribution in [1.29, 1.82) is 0 Å². The van der Waals surface area contributed by atoms with E-state index in [0.29, 0.717) is 6.42 Å². The third kappa shape index (κ3) is 4.75. The van der Waals surface area contributed by atoms with Crippen LogP contribution in [0.15, 0.2) is 17.2 Å². The highest BCUT2D eigenvalue weighted by Crippen LogP contribution is 2.32. The van der Waals surface area contributed by atoms with Crippen LogP contribution in [0.2, 0.25) is 0 Å². The number of nitrogens with zero attached hydrogens (tertiary/aromatic N) is 2. The summed E-state index contributed by atoms with van der Waals surface area (Å²) in [5.41, 5.74) is 2.06. The third-order valence-corrected chi connectivity index (χ3v) is 2.68. The maximum absolute atomic E-state index is 11.4. The fourth-order valence-corrected chi connectivity index (χ4v) is 1.57. The number of nitro groups is 1. The largest absolute Gasteiger partial charge is 0.504 e. The van der Waals surface area contributed by atoms with Crippen molar-refractivity contribution in [2.45, 2.75) is 26.2 Å². The first-order valence-corrected chi connectivity index (χ1v) is 6.36. The van der Waals surface area contributed by atoms with Gasteiger partial charge < -0.3 is 9.84 Å². The van der Waals surface area contributed by atoms with Crippen molar-refractivity contribution in [3.8, 4) is 11.5 Å². The van der Waals surface area contributed by atoms with E-state index in [-0.39, 0.29) is 28.7 Å². The Hall–Kier alpha value is -2.64. The molecule has 0 aliphatic heterocycles. The van der Waals surface area contributed by atoms with Crippen molar-refractivity contribution in [3.63, 3.8) is 0 Å². The predicted octanol–water partition coefficient (Wildman–Crippen LogP) is 1.95. The molecule has 0 aliphatic carbocycles. The molecule has 0 aliphatic rings. The smallest absolute Gasteiger partial charge is 0.282 e. The molecule has 0 radical (unpaired) electrons. The number of methoxy groups -OCH3 is 1. The molecule has 0 saturated heterocycles. The Balaban J connectivity index is 2.89. The molecule has 0 saturated carbocycles. The van der Waals surface area contributed by atoms with Gasteiger partial charge >= 0.3 is 0 Å². The maximum atomic E-state index is 11.4. The topological polar surface area (TPSA) is 114 Å². The van der Waals surface area contributed by atoms with E-state index in [1.807, 2.05) is 6.92 Å². The lowest BCUT2D eigenvalue weighted by Gasteiger charge is -2.05. The Morgan fingerprint density at radius 1 is 1.57 bits per heavy atom. The van der Waals surface area contributed by atoms with Gasteiger partial charge in [0.15, 0.2) is 11.5 Å². The Labute approximate surface area is 121 Å².